The molecule has 3 saturated heterocycles. The molecule has 11 heteroatoms. The Bertz CT molecular complexity index is 1510. The standard InChI is InChI=1S/C34H41F2N5O4/c1-20(2)30(28-16-29(39-45-28)40-18-34(19-40)11-13-37-14-12-34)33(44)41-17-24(42)15-27(41)32(43)38-21(3)22-7-9-23(10-8-22)31-25(35)5-4-6-26(31)36/h4-10,16,20-21,24,27,30,37,42H,11-15,17-19H2,1-3H3,(H,38,43)/t21-,24+,27-,30+/m0/s1. The van der Waals surface area contributed by atoms with Gasteiger partial charge in [0.2, 0.25) is 11.8 Å². The van der Waals surface area contributed by atoms with Crippen molar-refractivity contribution in [1.29, 1.82) is 0 Å². The number of hydrogen-bond acceptors (Lipinski definition) is 7. The van der Waals surface area contributed by atoms with Gasteiger partial charge in [-0.05, 0) is 62.0 Å². The van der Waals surface area contributed by atoms with Crippen LogP contribution in [0.2, 0.25) is 0 Å². The van der Waals surface area contributed by atoms with E-state index in [9.17, 15) is 23.5 Å². The van der Waals surface area contributed by atoms with E-state index in [4.69, 9.17) is 4.52 Å². The number of carbonyl (C=O) groups is 2. The largest absolute Gasteiger partial charge is 0.391 e. The van der Waals surface area contributed by atoms with E-state index in [-0.39, 0.29) is 36.3 Å². The van der Waals surface area contributed by atoms with E-state index < -0.39 is 35.7 Å². The highest BCUT2D eigenvalue weighted by molar-refractivity contribution is 5.91. The zero-order valence-electron chi connectivity index (χ0n) is 25.9. The summed E-state index contributed by atoms with van der Waals surface area (Å²) in [5.74, 6) is -1.59. The van der Waals surface area contributed by atoms with Gasteiger partial charge in [-0.3, -0.25) is 9.59 Å². The molecule has 0 bridgehead atoms. The van der Waals surface area contributed by atoms with Crippen LogP contribution in [0.4, 0.5) is 14.6 Å². The summed E-state index contributed by atoms with van der Waals surface area (Å²) >= 11 is 0. The molecule has 9 nitrogen and oxygen atoms in total. The van der Waals surface area contributed by atoms with E-state index in [1.807, 2.05) is 19.9 Å². The summed E-state index contributed by atoms with van der Waals surface area (Å²) in [6, 6.07) is 10.9. The highest BCUT2D eigenvalue weighted by Gasteiger charge is 2.46. The average molecular weight is 622 g/mol. The van der Waals surface area contributed by atoms with Crippen molar-refractivity contribution in [3.05, 3.63) is 71.5 Å². The molecule has 1 aromatic heterocycles. The van der Waals surface area contributed by atoms with Crippen LogP contribution in [0.5, 0.6) is 0 Å². The van der Waals surface area contributed by atoms with Gasteiger partial charge in [0, 0.05) is 37.5 Å². The summed E-state index contributed by atoms with van der Waals surface area (Å²) in [6.07, 6.45) is 1.56. The van der Waals surface area contributed by atoms with Crippen LogP contribution in [-0.4, -0.2) is 71.8 Å². The summed E-state index contributed by atoms with van der Waals surface area (Å²) in [7, 11) is 0. The molecule has 3 aliphatic heterocycles. The maximum Gasteiger partial charge on any atom is 0.243 e. The van der Waals surface area contributed by atoms with Gasteiger partial charge in [-0.1, -0.05) is 49.3 Å². The van der Waals surface area contributed by atoms with E-state index in [0.29, 0.717) is 16.7 Å². The third-order valence-electron chi connectivity index (χ3n) is 9.68. The monoisotopic (exact) mass is 621 g/mol. The molecule has 2 aromatic carbocycles. The fourth-order valence-corrected chi connectivity index (χ4v) is 7.10. The second kappa shape index (κ2) is 12.5. The smallest absolute Gasteiger partial charge is 0.243 e. The van der Waals surface area contributed by atoms with Gasteiger partial charge in [0.1, 0.15) is 23.6 Å². The molecule has 2 amide bonds. The number of hydrogen-bond donors (Lipinski definition) is 3. The first-order valence-electron chi connectivity index (χ1n) is 15.8. The Kier molecular flexibility index (Phi) is 8.67. The summed E-state index contributed by atoms with van der Waals surface area (Å²) in [5, 5.41) is 21.2. The quantitative estimate of drug-likeness (QED) is 0.342. The first-order chi connectivity index (χ1) is 21.5. The van der Waals surface area contributed by atoms with Crippen molar-refractivity contribution in [2.75, 3.05) is 37.6 Å². The van der Waals surface area contributed by atoms with Crippen LogP contribution in [0.25, 0.3) is 11.1 Å². The molecule has 1 spiro atoms. The average Bonchev–Trinajstić information content (AvgIpc) is 3.63. The fraction of sp³-hybridized carbons (Fsp3) is 0.500. The van der Waals surface area contributed by atoms with E-state index in [2.05, 4.69) is 20.7 Å². The van der Waals surface area contributed by atoms with Crippen LogP contribution in [0.3, 0.4) is 0 Å². The maximum atomic E-state index is 14.3. The number of piperidine rings is 1. The van der Waals surface area contributed by atoms with Gasteiger partial charge in [0.05, 0.1) is 17.7 Å². The van der Waals surface area contributed by atoms with Crippen LogP contribution in [0.1, 0.15) is 63.3 Å². The molecule has 3 fully saturated rings. The minimum Gasteiger partial charge on any atom is -0.391 e. The number of aromatic nitrogens is 1. The van der Waals surface area contributed by atoms with Gasteiger partial charge in [0.15, 0.2) is 11.6 Å². The number of likely N-dealkylation sites (tertiary alicyclic amines) is 1. The van der Waals surface area contributed by atoms with E-state index in [0.717, 1.165) is 50.4 Å². The Morgan fingerprint density at radius 2 is 1.73 bits per heavy atom. The Morgan fingerprint density at radius 3 is 2.38 bits per heavy atom. The molecule has 45 heavy (non-hydrogen) atoms. The van der Waals surface area contributed by atoms with Crippen molar-refractivity contribution in [1.82, 2.24) is 20.7 Å². The molecule has 6 rings (SSSR count). The molecular formula is C34H41F2N5O4. The van der Waals surface area contributed by atoms with Gasteiger partial charge in [0.25, 0.3) is 0 Å². The van der Waals surface area contributed by atoms with Crippen molar-refractivity contribution in [2.24, 2.45) is 11.3 Å². The topological polar surface area (TPSA) is 111 Å². The molecule has 0 saturated carbocycles. The van der Waals surface area contributed by atoms with Gasteiger partial charge < -0.3 is 30.1 Å². The van der Waals surface area contributed by atoms with Crippen LogP contribution >= 0.6 is 0 Å². The number of halogens is 2. The van der Waals surface area contributed by atoms with Crippen LogP contribution in [0.15, 0.2) is 53.1 Å². The summed E-state index contributed by atoms with van der Waals surface area (Å²) in [5.41, 5.74) is 1.33. The molecule has 3 aromatic rings. The lowest BCUT2D eigenvalue weighted by molar-refractivity contribution is -0.141. The van der Waals surface area contributed by atoms with Gasteiger partial charge >= 0.3 is 0 Å². The second-order valence-corrected chi connectivity index (χ2v) is 13.3. The minimum absolute atomic E-state index is 0.0428. The number of aliphatic hydroxyl groups is 1. The SMILES string of the molecule is CC(C)[C@@H](C(=O)N1C[C@H](O)C[C@H]1C(=O)N[C@@H](C)c1ccc(-c2c(F)cccc2F)cc1)c1cc(N2CC3(CCNCC3)C2)no1. The first-order valence-corrected chi connectivity index (χ1v) is 15.8. The normalized spacial score (nSPS) is 22.4. The third kappa shape index (κ3) is 6.20. The molecular weight excluding hydrogens is 580 g/mol. The second-order valence-electron chi connectivity index (χ2n) is 13.3. The molecule has 4 heterocycles. The predicted molar refractivity (Wildman–Crippen MR) is 165 cm³/mol. The maximum absolute atomic E-state index is 14.3. The highest BCUT2D eigenvalue weighted by atomic mass is 19.1. The first kappa shape index (κ1) is 31.2. The number of amides is 2. The van der Waals surface area contributed by atoms with Gasteiger partial charge in [-0.25, -0.2) is 8.78 Å². The highest BCUT2D eigenvalue weighted by Crippen LogP contribution is 2.42. The van der Waals surface area contributed by atoms with Gasteiger partial charge in [-0.2, -0.15) is 0 Å². The van der Waals surface area contributed by atoms with Crippen molar-refractivity contribution >= 4 is 17.6 Å². The third-order valence-corrected chi connectivity index (χ3v) is 9.68. The molecule has 3 N–H and O–H groups in total. The number of benzene rings is 2. The number of anilines is 1. The van der Waals surface area contributed by atoms with Crippen LogP contribution in [0, 0.1) is 23.0 Å². The lowest BCUT2D eigenvalue weighted by Gasteiger charge is -2.52. The molecule has 4 atom stereocenters. The Labute approximate surface area is 261 Å². The molecule has 3 aliphatic rings. The lowest BCUT2D eigenvalue weighted by atomic mass is 9.72. The van der Waals surface area contributed by atoms with Crippen LogP contribution in [-0.2, 0) is 9.59 Å². The molecule has 0 radical (unpaired) electrons. The molecule has 0 unspecified atom stereocenters. The predicted octanol–water partition coefficient (Wildman–Crippen LogP) is 4.39. The number of nitrogens with one attached hydrogen (secondary N) is 2. The summed E-state index contributed by atoms with van der Waals surface area (Å²) in [4.78, 5) is 31.2. The summed E-state index contributed by atoms with van der Waals surface area (Å²) in [6.45, 7) is 9.59. The van der Waals surface area contributed by atoms with Crippen molar-refractivity contribution in [3.8, 4) is 11.1 Å². The lowest BCUT2D eigenvalue weighted by Crippen LogP contribution is -2.60. The van der Waals surface area contributed by atoms with Gasteiger partial charge in [-0.15, -0.1) is 0 Å². The number of carbonyl (C=O) groups excluding carboxylic acids is 2. The molecule has 240 valence electrons. The minimum atomic E-state index is -0.861. The fourth-order valence-electron chi connectivity index (χ4n) is 7.10. The zero-order chi connectivity index (χ0) is 31.9. The van der Waals surface area contributed by atoms with E-state index >= 15 is 0 Å². The van der Waals surface area contributed by atoms with Crippen molar-refractivity contribution in [3.63, 3.8) is 0 Å². The van der Waals surface area contributed by atoms with Crippen LogP contribution < -0.4 is 15.5 Å². The number of aliphatic hydroxyl groups excluding tert-OH is 1. The van der Waals surface area contributed by atoms with Crippen molar-refractivity contribution < 1.29 is 28.0 Å². The number of β-amino-alcohol motifs (C(OH)–C–C–N with tert-alkyl or cyclic N) is 1. The number of nitrogens with zero attached hydrogens (tertiary/aromatic N) is 3. The van der Waals surface area contributed by atoms with Crippen molar-refractivity contribution in [2.45, 2.75) is 64.1 Å². The zero-order valence-corrected chi connectivity index (χ0v) is 25.9. The Morgan fingerprint density at radius 1 is 1.07 bits per heavy atom. The van der Waals surface area contributed by atoms with E-state index in [1.54, 1.807) is 31.2 Å². The van der Waals surface area contributed by atoms with E-state index in [1.165, 1.54) is 23.1 Å². The molecule has 0 aliphatic carbocycles. The Balaban J connectivity index is 1.12. The number of rotatable bonds is 8. The summed E-state index contributed by atoms with van der Waals surface area (Å²) < 4.78 is 34.2. The Hall–Kier alpha value is -3.83.